The molecule has 0 unspecified atom stereocenters. The van der Waals surface area contributed by atoms with E-state index in [2.05, 4.69) is 0 Å². The number of phenolic OH excluding ortho intramolecular Hbond substituents is 1. The Morgan fingerprint density at radius 1 is 1.47 bits per heavy atom. The van der Waals surface area contributed by atoms with Gasteiger partial charge in [-0.1, -0.05) is 6.07 Å². The molecule has 0 aromatic heterocycles. The monoisotopic (exact) mass is 232 g/mol. The van der Waals surface area contributed by atoms with Crippen molar-refractivity contribution in [2.45, 2.75) is 11.8 Å². The predicted octanol–water partition coefficient (Wildman–Crippen LogP) is 0.256. The molecule has 1 aromatic rings. The van der Waals surface area contributed by atoms with E-state index in [9.17, 15) is 23.6 Å². The van der Waals surface area contributed by atoms with Crippen LogP contribution in [0.15, 0.2) is 17.0 Å². The second-order valence-corrected chi connectivity index (χ2v) is 4.38. The Kier molecular flexibility index (Phi) is 2.65. The van der Waals surface area contributed by atoms with Gasteiger partial charge in [-0.2, -0.15) is 0 Å². The molecule has 82 valence electrons. The van der Waals surface area contributed by atoms with E-state index in [1.807, 2.05) is 0 Å². The lowest BCUT2D eigenvalue weighted by atomic mass is 10.2. The Hall–Kier alpha value is -1.67. The van der Waals surface area contributed by atoms with Crippen molar-refractivity contribution >= 4 is 15.7 Å². The Morgan fingerprint density at radius 2 is 2.00 bits per heavy atom. The van der Waals surface area contributed by atoms with Gasteiger partial charge in [0.1, 0.15) is 0 Å². The van der Waals surface area contributed by atoms with Gasteiger partial charge in [-0.25, -0.2) is 13.6 Å². The summed E-state index contributed by atoms with van der Waals surface area (Å²) < 4.78 is 22.2. The molecule has 0 aliphatic rings. The smallest absolute Gasteiger partial charge is 0.330 e. The minimum atomic E-state index is -4.23. The molecule has 15 heavy (non-hydrogen) atoms. The predicted molar refractivity (Wildman–Crippen MR) is 50.9 cm³/mol. The highest BCUT2D eigenvalue weighted by Crippen LogP contribution is 2.34. The molecular formula is C7H8N2O5S. The fraction of sp³-hybridized carbons (Fsp3) is 0.143. The number of sulfonamides is 1. The van der Waals surface area contributed by atoms with Crippen LogP contribution in [-0.2, 0) is 10.0 Å². The number of nitro groups is 1. The highest BCUT2D eigenvalue weighted by Gasteiger charge is 2.28. The topological polar surface area (TPSA) is 124 Å². The van der Waals surface area contributed by atoms with Crippen LogP contribution in [0.3, 0.4) is 0 Å². The number of primary sulfonamides is 1. The highest BCUT2D eigenvalue weighted by molar-refractivity contribution is 7.89. The van der Waals surface area contributed by atoms with Crippen molar-refractivity contribution in [2.75, 3.05) is 0 Å². The molecule has 0 saturated heterocycles. The zero-order valence-corrected chi connectivity index (χ0v) is 8.48. The number of nitro benzene ring substituents is 1. The van der Waals surface area contributed by atoms with Gasteiger partial charge in [-0.15, -0.1) is 0 Å². The molecule has 3 N–H and O–H groups in total. The molecule has 0 bridgehead atoms. The molecule has 7 nitrogen and oxygen atoms in total. The van der Waals surface area contributed by atoms with Gasteiger partial charge < -0.3 is 5.11 Å². The van der Waals surface area contributed by atoms with Crippen LogP contribution in [0.25, 0.3) is 0 Å². The van der Waals surface area contributed by atoms with E-state index in [0.29, 0.717) is 0 Å². The van der Waals surface area contributed by atoms with E-state index in [1.54, 1.807) is 0 Å². The average Bonchev–Trinajstić information content (AvgIpc) is 2.05. The summed E-state index contributed by atoms with van der Waals surface area (Å²) in [6.07, 6.45) is 0. The second kappa shape index (κ2) is 3.48. The van der Waals surface area contributed by atoms with E-state index in [-0.39, 0.29) is 5.56 Å². The van der Waals surface area contributed by atoms with Gasteiger partial charge in [0.05, 0.1) is 4.92 Å². The van der Waals surface area contributed by atoms with Crippen LogP contribution in [0, 0.1) is 17.0 Å². The largest absolute Gasteiger partial charge is 0.502 e. The third-order valence-corrected chi connectivity index (χ3v) is 2.86. The SMILES string of the molecule is Cc1ccc(O)c([N+](=O)[O-])c1S(N)(=O)=O. The van der Waals surface area contributed by atoms with Gasteiger partial charge in [0.2, 0.25) is 10.0 Å². The molecule has 0 atom stereocenters. The Balaban J connectivity index is 3.76. The number of rotatable bonds is 2. The summed E-state index contributed by atoms with van der Waals surface area (Å²) in [5.74, 6) is -0.727. The molecule has 1 rings (SSSR count). The van der Waals surface area contributed by atoms with Crippen LogP contribution in [0.2, 0.25) is 0 Å². The minimum Gasteiger partial charge on any atom is -0.502 e. The van der Waals surface area contributed by atoms with Gasteiger partial charge in [0.25, 0.3) is 0 Å². The lowest BCUT2D eigenvalue weighted by molar-refractivity contribution is -0.388. The van der Waals surface area contributed by atoms with Crippen molar-refractivity contribution in [1.82, 2.24) is 0 Å². The standard InChI is InChI=1S/C7H8N2O5S/c1-4-2-3-5(10)6(9(11)12)7(4)15(8,13)14/h2-3,10H,1H3,(H2,8,13,14). The first-order valence-corrected chi connectivity index (χ1v) is 5.29. The number of hydrogen-bond donors (Lipinski definition) is 2. The molecule has 1 aromatic carbocycles. The van der Waals surface area contributed by atoms with E-state index in [0.717, 1.165) is 6.07 Å². The first kappa shape index (κ1) is 11.4. The summed E-state index contributed by atoms with van der Waals surface area (Å²) >= 11 is 0. The minimum absolute atomic E-state index is 0.113. The summed E-state index contributed by atoms with van der Waals surface area (Å²) in [5, 5.41) is 24.6. The van der Waals surface area contributed by atoms with Crippen LogP contribution < -0.4 is 5.14 Å². The van der Waals surface area contributed by atoms with E-state index in [1.165, 1.54) is 13.0 Å². The van der Waals surface area contributed by atoms with Crippen molar-refractivity contribution in [3.63, 3.8) is 0 Å². The van der Waals surface area contributed by atoms with Gasteiger partial charge in [0, 0.05) is 0 Å². The molecule has 0 aliphatic carbocycles. The molecular weight excluding hydrogens is 224 g/mol. The Labute approximate surface area is 85.3 Å². The van der Waals surface area contributed by atoms with Crippen LogP contribution in [0.4, 0.5) is 5.69 Å². The second-order valence-electron chi connectivity index (χ2n) is 2.88. The van der Waals surface area contributed by atoms with Crippen LogP contribution in [0.5, 0.6) is 5.75 Å². The number of nitrogens with two attached hydrogens (primary N) is 1. The maximum atomic E-state index is 11.1. The summed E-state index contributed by atoms with van der Waals surface area (Å²) in [7, 11) is -4.23. The van der Waals surface area contributed by atoms with E-state index < -0.39 is 31.3 Å². The molecule has 0 spiro atoms. The maximum absolute atomic E-state index is 11.1. The molecule has 0 amide bonds. The van der Waals surface area contributed by atoms with Crippen molar-refractivity contribution < 1.29 is 18.4 Å². The zero-order valence-electron chi connectivity index (χ0n) is 7.67. The van der Waals surface area contributed by atoms with Crippen molar-refractivity contribution in [3.05, 3.63) is 27.8 Å². The molecule has 0 aliphatic heterocycles. The molecule has 0 saturated carbocycles. The van der Waals surface area contributed by atoms with Crippen molar-refractivity contribution in [1.29, 1.82) is 0 Å². The first-order valence-electron chi connectivity index (χ1n) is 3.75. The average molecular weight is 232 g/mol. The third kappa shape index (κ3) is 2.05. The normalized spacial score (nSPS) is 11.3. The van der Waals surface area contributed by atoms with Crippen LogP contribution in [0.1, 0.15) is 5.56 Å². The fourth-order valence-electron chi connectivity index (χ4n) is 1.20. The number of phenols is 1. The van der Waals surface area contributed by atoms with Crippen molar-refractivity contribution in [3.8, 4) is 5.75 Å². The van der Waals surface area contributed by atoms with Crippen LogP contribution >= 0.6 is 0 Å². The third-order valence-electron chi connectivity index (χ3n) is 1.77. The maximum Gasteiger partial charge on any atom is 0.330 e. The fourth-order valence-corrected chi connectivity index (χ4v) is 2.16. The summed E-state index contributed by atoms with van der Waals surface area (Å²) in [6.45, 7) is 1.35. The lowest BCUT2D eigenvalue weighted by Gasteiger charge is -2.05. The van der Waals surface area contributed by atoms with Crippen molar-refractivity contribution in [2.24, 2.45) is 5.14 Å². The quantitative estimate of drug-likeness (QED) is 0.559. The van der Waals surface area contributed by atoms with Gasteiger partial charge in [-0.05, 0) is 18.6 Å². The Morgan fingerprint density at radius 3 is 2.33 bits per heavy atom. The number of hydrogen-bond acceptors (Lipinski definition) is 5. The summed E-state index contributed by atoms with van der Waals surface area (Å²) in [4.78, 5) is 8.92. The lowest BCUT2D eigenvalue weighted by Crippen LogP contribution is -2.15. The molecule has 0 heterocycles. The van der Waals surface area contributed by atoms with E-state index >= 15 is 0 Å². The number of benzene rings is 1. The first-order chi connectivity index (χ1) is 6.75. The summed E-state index contributed by atoms with van der Waals surface area (Å²) in [5.41, 5.74) is -0.778. The Bertz CT molecular complexity index is 522. The molecule has 8 heteroatoms. The zero-order chi connectivity index (χ0) is 11.8. The van der Waals surface area contributed by atoms with Crippen LogP contribution in [-0.4, -0.2) is 18.4 Å². The number of aromatic hydroxyl groups is 1. The van der Waals surface area contributed by atoms with E-state index in [4.69, 9.17) is 5.14 Å². The van der Waals surface area contributed by atoms with Gasteiger partial charge in [0.15, 0.2) is 10.6 Å². The molecule has 0 fully saturated rings. The summed E-state index contributed by atoms with van der Waals surface area (Å²) in [6, 6.07) is 2.28. The van der Waals surface area contributed by atoms with Gasteiger partial charge in [-0.3, -0.25) is 10.1 Å². The molecule has 0 radical (unpaired) electrons. The van der Waals surface area contributed by atoms with Gasteiger partial charge >= 0.3 is 5.69 Å². The number of nitrogens with zero attached hydrogens (tertiary/aromatic N) is 1. The number of aryl methyl sites for hydroxylation is 1. The highest BCUT2D eigenvalue weighted by atomic mass is 32.2.